The lowest BCUT2D eigenvalue weighted by atomic mass is 10.1. The van der Waals surface area contributed by atoms with Crippen molar-refractivity contribution in [2.45, 2.75) is 64.1 Å². The highest BCUT2D eigenvalue weighted by Crippen LogP contribution is 2.34. The second kappa shape index (κ2) is 6.29. The Kier molecular flexibility index (Phi) is 4.72. The highest BCUT2D eigenvalue weighted by atomic mass is 16.5. The second-order valence-electron chi connectivity index (χ2n) is 4.83. The Hall–Kier alpha value is -0.940. The molecule has 0 saturated heterocycles. The minimum atomic E-state index is -0.338. The van der Waals surface area contributed by atoms with Gasteiger partial charge in [-0.1, -0.05) is 18.5 Å². The predicted molar refractivity (Wildman–Crippen MR) is 66.2 cm³/mol. The molecule has 0 radical (unpaired) electrons. The van der Waals surface area contributed by atoms with Crippen LogP contribution in [0.5, 0.6) is 0 Å². The molecule has 18 heavy (non-hydrogen) atoms. The summed E-state index contributed by atoms with van der Waals surface area (Å²) in [7, 11) is 0. The molecule has 3 atom stereocenters. The van der Waals surface area contributed by atoms with Gasteiger partial charge in [0.1, 0.15) is 6.10 Å². The van der Waals surface area contributed by atoms with Crippen LogP contribution in [0.25, 0.3) is 0 Å². The van der Waals surface area contributed by atoms with Gasteiger partial charge >= 0.3 is 0 Å². The van der Waals surface area contributed by atoms with Gasteiger partial charge in [0, 0.05) is 6.61 Å². The summed E-state index contributed by atoms with van der Waals surface area (Å²) in [6, 6.07) is 0. The largest absolute Gasteiger partial charge is 0.392 e. The molecule has 1 N–H and O–H groups in total. The van der Waals surface area contributed by atoms with Crippen molar-refractivity contribution in [2.24, 2.45) is 0 Å². The van der Waals surface area contributed by atoms with Crippen molar-refractivity contribution in [1.82, 2.24) is 10.1 Å². The number of aromatic nitrogens is 2. The van der Waals surface area contributed by atoms with Crippen molar-refractivity contribution in [3.05, 3.63) is 11.7 Å². The third-order valence-electron chi connectivity index (χ3n) is 3.46. The molecule has 1 aromatic heterocycles. The molecule has 5 heteroatoms. The molecule has 0 spiro atoms. The van der Waals surface area contributed by atoms with E-state index in [4.69, 9.17) is 9.26 Å². The van der Waals surface area contributed by atoms with Crippen molar-refractivity contribution in [3.63, 3.8) is 0 Å². The third-order valence-corrected chi connectivity index (χ3v) is 3.46. The molecule has 1 aliphatic rings. The summed E-state index contributed by atoms with van der Waals surface area (Å²) < 4.78 is 10.9. The SMILES string of the molecule is CCCC(OCC)c1noc(C2CCCC2O)n1. The zero-order valence-electron chi connectivity index (χ0n) is 11.1. The maximum atomic E-state index is 9.84. The van der Waals surface area contributed by atoms with Crippen LogP contribution < -0.4 is 0 Å². The number of hydrogen-bond acceptors (Lipinski definition) is 5. The maximum Gasteiger partial charge on any atom is 0.232 e. The summed E-state index contributed by atoms with van der Waals surface area (Å²) in [4.78, 5) is 4.42. The van der Waals surface area contributed by atoms with Gasteiger partial charge in [-0.2, -0.15) is 4.98 Å². The molecule has 102 valence electrons. The average molecular weight is 254 g/mol. The van der Waals surface area contributed by atoms with Gasteiger partial charge in [-0.05, 0) is 32.6 Å². The van der Waals surface area contributed by atoms with Gasteiger partial charge in [0.2, 0.25) is 11.7 Å². The summed E-state index contributed by atoms with van der Waals surface area (Å²) >= 11 is 0. The fraction of sp³-hybridized carbons (Fsp3) is 0.846. The van der Waals surface area contributed by atoms with Gasteiger partial charge in [0.05, 0.1) is 12.0 Å². The molecule has 1 saturated carbocycles. The van der Waals surface area contributed by atoms with Crippen LogP contribution in [0.2, 0.25) is 0 Å². The second-order valence-corrected chi connectivity index (χ2v) is 4.83. The molecule has 1 aromatic rings. The lowest BCUT2D eigenvalue weighted by molar-refractivity contribution is 0.0477. The molecule has 5 nitrogen and oxygen atoms in total. The van der Waals surface area contributed by atoms with E-state index < -0.39 is 0 Å². The number of hydrogen-bond donors (Lipinski definition) is 1. The normalized spacial score (nSPS) is 25.5. The quantitative estimate of drug-likeness (QED) is 0.845. The van der Waals surface area contributed by atoms with E-state index >= 15 is 0 Å². The Labute approximate surface area is 108 Å². The van der Waals surface area contributed by atoms with Gasteiger partial charge < -0.3 is 14.4 Å². The summed E-state index contributed by atoms with van der Waals surface area (Å²) in [5.74, 6) is 1.19. The smallest absolute Gasteiger partial charge is 0.232 e. The Morgan fingerprint density at radius 3 is 2.89 bits per heavy atom. The van der Waals surface area contributed by atoms with Crippen LogP contribution >= 0.6 is 0 Å². The number of rotatable bonds is 6. The average Bonchev–Trinajstić information content (AvgIpc) is 2.97. The molecule has 0 amide bonds. The highest BCUT2D eigenvalue weighted by molar-refractivity contribution is 5.01. The first-order valence-electron chi connectivity index (χ1n) is 6.89. The van der Waals surface area contributed by atoms with E-state index in [1.807, 2.05) is 6.92 Å². The number of nitrogens with zero attached hydrogens (tertiary/aromatic N) is 2. The Morgan fingerprint density at radius 1 is 1.44 bits per heavy atom. The van der Waals surface area contributed by atoms with Crippen LogP contribution in [0.3, 0.4) is 0 Å². The lowest BCUT2D eigenvalue weighted by Crippen LogP contribution is -2.12. The summed E-state index contributed by atoms with van der Waals surface area (Å²) in [6.07, 6.45) is 4.25. The minimum absolute atomic E-state index is 0.00940. The van der Waals surface area contributed by atoms with Crippen LogP contribution in [0, 0.1) is 0 Å². The number of aliphatic hydroxyl groups is 1. The van der Waals surface area contributed by atoms with E-state index in [1.54, 1.807) is 0 Å². The Morgan fingerprint density at radius 2 is 2.28 bits per heavy atom. The van der Waals surface area contributed by atoms with Gasteiger partial charge in [0.25, 0.3) is 0 Å². The topological polar surface area (TPSA) is 68.4 Å². The monoisotopic (exact) mass is 254 g/mol. The predicted octanol–water partition coefficient (Wildman–Crippen LogP) is 2.58. The molecule has 1 heterocycles. The van der Waals surface area contributed by atoms with E-state index in [1.165, 1.54) is 0 Å². The van der Waals surface area contributed by atoms with Crippen molar-refractivity contribution in [1.29, 1.82) is 0 Å². The fourth-order valence-electron chi connectivity index (χ4n) is 2.51. The van der Waals surface area contributed by atoms with Crippen molar-refractivity contribution < 1.29 is 14.4 Å². The van der Waals surface area contributed by atoms with E-state index in [0.717, 1.165) is 32.1 Å². The standard InChI is InChI=1S/C13H22N2O3/c1-3-6-11(17-4-2)12-14-13(18-15-12)9-7-5-8-10(9)16/h9-11,16H,3-8H2,1-2H3. The Bertz CT molecular complexity index is 361. The van der Waals surface area contributed by atoms with E-state index in [0.29, 0.717) is 18.3 Å². The van der Waals surface area contributed by atoms with E-state index in [9.17, 15) is 5.11 Å². The summed E-state index contributed by atoms with van der Waals surface area (Å²) in [5.41, 5.74) is 0. The maximum absolute atomic E-state index is 9.84. The Balaban J connectivity index is 2.08. The molecule has 0 bridgehead atoms. The lowest BCUT2D eigenvalue weighted by Gasteiger charge is -2.11. The molecule has 0 aromatic carbocycles. The molecule has 1 fully saturated rings. The first-order valence-corrected chi connectivity index (χ1v) is 6.89. The zero-order valence-corrected chi connectivity index (χ0v) is 11.1. The zero-order chi connectivity index (χ0) is 13.0. The van der Waals surface area contributed by atoms with Gasteiger partial charge in [-0.3, -0.25) is 0 Å². The molecule has 0 aliphatic heterocycles. The molecular weight excluding hydrogens is 232 g/mol. The molecule has 2 rings (SSSR count). The van der Waals surface area contributed by atoms with Crippen LogP contribution in [-0.4, -0.2) is 28.0 Å². The molecule has 1 aliphatic carbocycles. The van der Waals surface area contributed by atoms with Crippen LogP contribution in [0.15, 0.2) is 4.52 Å². The minimum Gasteiger partial charge on any atom is -0.392 e. The van der Waals surface area contributed by atoms with Crippen molar-refractivity contribution in [2.75, 3.05) is 6.61 Å². The summed E-state index contributed by atoms with van der Waals surface area (Å²) in [6.45, 7) is 4.71. The van der Waals surface area contributed by atoms with Crippen molar-refractivity contribution in [3.8, 4) is 0 Å². The summed E-state index contributed by atoms with van der Waals surface area (Å²) in [5, 5.41) is 13.8. The van der Waals surface area contributed by atoms with Gasteiger partial charge in [-0.25, -0.2) is 0 Å². The van der Waals surface area contributed by atoms with Crippen LogP contribution in [-0.2, 0) is 4.74 Å². The molecule has 3 unspecified atom stereocenters. The first kappa shape index (κ1) is 13.5. The van der Waals surface area contributed by atoms with E-state index in [-0.39, 0.29) is 18.1 Å². The van der Waals surface area contributed by atoms with Crippen LogP contribution in [0.1, 0.15) is 69.7 Å². The molecular formula is C13H22N2O3. The first-order chi connectivity index (χ1) is 8.76. The number of aliphatic hydroxyl groups excluding tert-OH is 1. The van der Waals surface area contributed by atoms with E-state index in [2.05, 4.69) is 17.1 Å². The van der Waals surface area contributed by atoms with Gasteiger partial charge in [0.15, 0.2) is 0 Å². The highest BCUT2D eigenvalue weighted by Gasteiger charge is 2.32. The van der Waals surface area contributed by atoms with Crippen LogP contribution in [0.4, 0.5) is 0 Å². The van der Waals surface area contributed by atoms with Gasteiger partial charge in [-0.15, -0.1) is 0 Å². The number of ether oxygens (including phenoxy) is 1. The third kappa shape index (κ3) is 2.90. The van der Waals surface area contributed by atoms with Crippen molar-refractivity contribution >= 4 is 0 Å². The fourth-order valence-corrected chi connectivity index (χ4v) is 2.51.